The van der Waals surface area contributed by atoms with Gasteiger partial charge < -0.3 is 9.80 Å². The number of thiophene rings is 1. The minimum atomic E-state index is 0.225. The third-order valence-corrected chi connectivity index (χ3v) is 4.85. The Bertz CT molecular complexity index is 628. The van der Waals surface area contributed by atoms with Crippen LogP contribution in [0.1, 0.15) is 16.2 Å². The highest BCUT2D eigenvalue weighted by atomic mass is 32.1. The second-order valence-electron chi connectivity index (χ2n) is 5.49. The first-order valence-corrected chi connectivity index (χ1v) is 8.40. The summed E-state index contributed by atoms with van der Waals surface area (Å²) in [5.74, 6) is 1.12. The fraction of sp³-hybridized carbons (Fsp3) is 0.438. The SMILES string of the molecule is Cc1ccc(CC(=O)N2CCCN(c3cccnn3)CC2)s1. The van der Waals surface area contributed by atoms with E-state index in [1.54, 1.807) is 17.5 Å². The number of aryl methyl sites for hydroxylation is 1. The Morgan fingerprint density at radius 2 is 2.14 bits per heavy atom. The molecule has 2 aromatic rings. The summed E-state index contributed by atoms with van der Waals surface area (Å²) in [4.78, 5) is 19.0. The smallest absolute Gasteiger partial charge is 0.227 e. The van der Waals surface area contributed by atoms with Crippen LogP contribution in [-0.4, -0.2) is 47.2 Å². The molecule has 1 saturated heterocycles. The first kappa shape index (κ1) is 15.0. The molecule has 0 spiro atoms. The van der Waals surface area contributed by atoms with E-state index in [-0.39, 0.29) is 5.91 Å². The summed E-state index contributed by atoms with van der Waals surface area (Å²) in [6, 6.07) is 8.00. The molecule has 0 aliphatic carbocycles. The van der Waals surface area contributed by atoms with Gasteiger partial charge in [0, 0.05) is 42.1 Å². The Labute approximate surface area is 134 Å². The lowest BCUT2D eigenvalue weighted by Gasteiger charge is -2.22. The van der Waals surface area contributed by atoms with Crippen molar-refractivity contribution in [2.75, 3.05) is 31.1 Å². The molecule has 0 N–H and O–H groups in total. The van der Waals surface area contributed by atoms with Crippen LogP contribution >= 0.6 is 11.3 Å². The summed E-state index contributed by atoms with van der Waals surface area (Å²) in [5, 5.41) is 8.09. The van der Waals surface area contributed by atoms with E-state index in [4.69, 9.17) is 0 Å². The largest absolute Gasteiger partial charge is 0.353 e. The maximum absolute atomic E-state index is 12.5. The third-order valence-electron chi connectivity index (χ3n) is 3.85. The van der Waals surface area contributed by atoms with E-state index in [0.29, 0.717) is 6.42 Å². The number of hydrogen-bond donors (Lipinski definition) is 0. The van der Waals surface area contributed by atoms with Crippen LogP contribution in [0.2, 0.25) is 0 Å². The van der Waals surface area contributed by atoms with Crippen molar-refractivity contribution in [3.05, 3.63) is 40.2 Å². The number of aromatic nitrogens is 2. The molecular formula is C16H20N4OS. The third kappa shape index (κ3) is 3.62. The molecule has 2 aromatic heterocycles. The molecule has 0 unspecified atom stereocenters. The van der Waals surface area contributed by atoms with Crippen LogP contribution in [0, 0.1) is 6.92 Å². The Kier molecular flexibility index (Phi) is 4.68. The van der Waals surface area contributed by atoms with Crippen molar-refractivity contribution in [1.82, 2.24) is 15.1 Å². The van der Waals surface area contributed by atoms with Crippen molar-refractivity contribution >= 4 is 23.1 Å². The van der Waals surface area contributed by atoms with Crippen LogP contribution in [0.3, 0.4) is 0 Å². The van der Waals surface area contributed by atoms with Gasteiger partial charge in [0.05, 0.1) is 6.42 Å². The van der Waals surface area contributed by atoms with Crippen molar-refractivity contribution in [3.8, 4) is 0 Å². The molecule has 0 radical (unpaired) electrons. The number of rotatable bonds is 3. The van der Waals surface area contributed by atoms with Crippen molar-refractivity contribution in [3.63, 3.8) is 0 Å². The number of carbonyl (C=O) groups is 1. The Hall–Kier alpha value is -1.95. The summed E-state index contributed by atoms with van der Waals surface area (Å²) < 4.78 is 0. The first-order valence-electron chi connectivity index (χ1n) is 7.58. The maximum atomic E-state index is 12.5. The summed E-state index contributed by atoms with van der Waals surface area (Å²) in [5.41, 5.74) is 0. The van der Waals surface area contributed by atoms with Gasteiger partial charge in [-0.25, -0.2) is 0 Å². The van der Waals surface area contributed by atoms with Crippen LogP contribution in [0.15, 0.2) is 30.5 Å². The van der Waals surface area contributed by atoms with Gasteiger partial charge >= 0.3 is 0 Å². The average Bonchev–Trinajstić information content (AvgIpc) is 2.80. The Balaban J connectivity index is 1.59. The molecule has 1 aliphatic rings. The van der Waals surface area contributed by atoms with Crippen LogP contribution in [0.4, 0.5) is 5.82 Å². The summed E-state index contributed by atoms with van der Waals surface area (Å²) in [6.07, 6.45) is 3.16. The lowest BCUT2D eigenvalue weighted by Crippen LogP contribution is -2.36. The fourth-order valence-electron chi connectivity index (χ4n) is 2.70. The molecule has 0 bridgehead atoms. The van der Waals surface area contributed by atoms with Gasteiger partial charge in [0.2, 0.25) is 5.91 Å². The Morgan fingerprint density at radius 3 is 2.86 bits per heavy atom. The van der Waals surface area contributed by atoms with Crippen molar-refractivity contribution < 1.29 is 4.79 Å². The van der Waals surface area contributed by atoms with Gasteiger partial charge in [0.25, 0.3) is 0 Å². The monoisotopic (exact) mass is 316 g/mol. The predicted molar refractivity (Wildman–Crippen MR) is 88.2 cm³/mol. The molecule has 3 heterocycles. The van der Waals surface area contributed by atoms with Gasteiger partial charge in [-0.05, 0) is 37.6 Å². The predicted octanol–water partition coefficient (Wildman–Crippen LogP) is 2.13. The molecule has 0 saturated carbocycles. The van der Waals surface area contributed by atoms with Crippen LogP contribution in [0.25, 0.3) is 0 Å². The molecule has 1 amide bonds. The second-order valence-corrected chi connectivity index (χ2v) is 6.86. The zero-order chi connectivity index (χ0) is 15.4. The molecular weight excluding hydrogens is 296 g/mol. The highest BCUT2D eigenvalue weighted by Gasteiger charge is 2.20. The van der Waals surface area contributed by atoms with Crippen LogP contribution in [0.5, 0.6) is 0 Å². The van der Waals surface area contributed by atoms with Crippen molar-refractivity contribution in [1.29, 1.82) is 0 Å². The fourth-order valence-corrected chi connectivity index (χ4v) is 3.58. The lowest BCUT2D eigenvalue weighted by molar-refractivity contribution is -0.130. The number of anilines is 1. The van der Waals surface area contributed by atoms with E-state index in [9.17, 15) is 4.79 Å². The van der Waals surface area contributed by atoms with Crippen LogP contribution in [-0.2, 0) is 11.2 Å². The summed E-state index contributed by atoms with van der Waals surface area (Å²) in [6.45, 7) is 5.37. The van der Waals surface area contributed by atoms with E-state index < -0.39 is 0 Å². The van der Waals surface area contributed by atoms with Gasteiger partial charge in [0.1, 0.15) is 0 Å². The highest BCUT2D eigenvalue weighted by Crippen LogP contribution is 2.17. The summed E-state index contributed by atoms with van der Waals surface area (Å²) >= 11 is 1.71. The zero-order valence-electron chi connectivity index (χ0n) is 12.7. The lowest BCUT2D eigenvalue weighted by atomic mass is 10.3. The molecule has 1 fully saturated rings. The van der Waals surface area contributed by atoms with E-state index in [1.807, 2.05) is 17.0 Å². The van der Waals surface area contributed by atoms with Gasteiger partial charge in [-0.15, -0.1) is 16.4 Å². The first-order chi connectivity index (χ1) is 10.7. The van der Waals surface area contributed by atoms with Gasteiger partial charge in [-0.1, -0.05) is 0 Å². The van der Waals surface area contributed by atoms with E-state index in [0.717, 1.165) is 43.3 Å². The average molecular weight is 316 g/mol. The molecule has 5 nitrogen and oxygen atoms in total. The minimum Gasteiger partial charge on any atom is -0.353 e. The van der Waals surface area contributed by atoms with Gasteiger partial charge in [-0.2, -0.15) is 5.10 Å². The number of nitrogens with zero attached hydrogens (tertiary/aromatic N) is 4. The molecule has 22 heavy (non-hydrogen) atoms. The number of hydrogen-bond acceptors (Lipinski definition) is 5. The van der Waals surface area contributed by atoms with E-state index in [1.165, 1.54) is 4.88 Å². The zero-order valence-corrected chi connectivity index (χ0v) is 13.6. The van der Waals surface area contributed by atoms with Gasteiger partial charge in [0.15, 0.2) is 5.82 Å². The molecule has 3 rings (SSSR count). The molecule has 0 aromatic carbocycles. The topological polar surface area (TPSA) is 49.3 Å². The number of amides is 1. The molecule has 6 heteroatoms. The normalized spacial score (nSPS) is 15.7. The summed E-state index contributed by atoms with van der Waals surface area (Å²) in [7, 11) is 0. The minimum absolute atomic E-state index is 0.225. The van der Waals surface area contributed by atoms with Crippen molar-refractivity contribution in [2.24, 2.45) is 0 Å². The highest BCUT2D eigenvalue weighted by molar-refractivity contribution is 7.12. The van der Waals surface area contributed by atoms with Crippen molar-refractivity contribution in [2.45, 2.75) is 19.8 Å². The standard InChI is InChI=1S/C16H20N4OS/c1-13-5-6-14(22-13)12-16(21)20-9-3-8-19(10-11-20)15-4-2-7-17-18-15/h2,4-7H,3,8-12H2,1H3. The van der Waals surface area contributed by atoms with Crippen LogP contribution < -0.4 is 4.90 Å². The molecule has 1 aliphatic heterocycles. The number of carbonyl (C=O) groups excluding carboxylic acids is 1. The van der Waals surface area contributed by atoms with E-state index in [2.05, 4.69) is 34.2 Å². The molecule has 0 atom stereocenters. The Morgan fingerprint density at radius 1 is 1.23 bits per heavy atom. The maximum Gasteiger partial charge on any atom is 0.227 e. The van der Waals surface area contributed by atoms with Gasteiger partial charge in [-0.3, -0.25) is 4.79 Å². The van der Waals surface area contributed by atoms with E-state index >= 15 is 0 Å². The second kappa shape index (κ2) is 6.87. The quantitative estimate of drug-likeness (QED) is 0.870. The molecule has 116 valence electrons.